The minimum atomic E-state index is -4.46. The van der Waals surface area contributed by atoms with Gasteiger partial charge in [0, 0.05) is 0 Å². The Balaban J connectivity index is 0.000000387. The van der Waals surface area contributed by atoms with Crippen molar-refractivity contribution in [2.75, 3.05) is 0 Å². The minimum Gasteiger partial charge on any atom is -0.744 e. The van der Waals surface area contributed by atoms with Gasteiger partial charge >= 0.3 is 48.9 Å². The zero-order chi connectivity index (χ0) is 40.8. The Labute approximate surface area is 387 Å². The Hall–Kier alpha value is -1.21. The second-order valence-electron chi connectivity index (χ2n) is 15.8. The van der Waals surface area contributed by atoms with Crippen molar-refractivity contribution in [1.29, 1.82) is 0 Å². The van der Waals surface area contributed by atoms with E-state index < -0.39 is 20.2 Å². The second-order valence-corrected chi connectivity index (χ2v) is 18.5. The third kappa shape index (κ3) is 19.4. The van der Waals surface area contributed by atoms with E-state index in [1.54, 1.807) is 12.1 Å². The zero-order valence-corrected chi connectivity index (χ0v) is 41.8. The Morgan fingerprint density at radius 1 is 0.368 bits per heavy atom. The van der Waals surface area contributed by atoms with Crippen LogP contribution in [0, 0.1) is 0 Å². The van der Waals surface area contributed by atoms with E-state index in [0.29, 0.717) is 24.0 Å². The van der Waals surface area contributed by atoms with Gasteiger partial charge in [-0.1, -0.05) is 167 Å². The van der Waals surface area contributed by atoms with Crippen LogP contribution in [0.25, 0.3) is 21.5 Å². The van der Waals surface area contributed by atoms with Crippen molar-refractivity contribution in [2.24, 2.45) is 0 Å². The molecule has 312 valence electrons. The predicted octanol–water partition coefficient (Wildman–Crippen LogP) is 13.2. The van der Waals surface area contributed by atoms with Crippen molar-refractivity contribution in [3.8, 4) is 0 Å². The maximum atomic E-state index is 11.8. The third-order valence-electron chi connectivity index (χ3n) is 10.9. The monoisotopic (exact) mass is 944 g/mol. The smallest absolute Gasteiger partial charge is 0.744 e. The maximum Gasteiger partial charge on any atom is 2.00 e. The van der Waals surface area contributed by atoms with E-state index in [1.807, 2.05) is 12.1 Å². The molecule has 57 heavy (non-hydrogen) atoms. The van der Waals surface area contributed by atoms with Gasteiger partial charge in [0.05, 0.1) is 9.79 Å². The number of hydrogen-bond acceptors (Lipinski definition) is 6. The fourth-order valence-electron chi connectivity index (χ4n) is 7.62. The molecule has 0 aliphatic heterocycles. The number of unbranched alkanes of at least 4 members (excludes halogenated alkanes) is 16. The van der Waals surface area contributed by atoms with Crippen LogP contribution in [-0.4, -0.2) is 74.8 Å². The molecule has 0 amide bonds. The van der Waals surface area contributed by atoms with Crippen molar-refractivity contribution < 1.29 is 25.9 Å². The summed E-state index contributed by atoms with van der Waals surface area (Å²) < 4.78 is 71.0. The first-order valence-electron chi connectivity index (χ1n) is 21.9. The molecule has 0 spiro atoms. The van der Waals surface area contributed by atoms with Crippen LogP contribution in [0.15, 0.2) is 70.5 Å². The quantitative estimate of drug-likeness (QED) is 0.0352. The number of hydrogen-bond donors (Lipinski definition) is 0. The first-order chi connectivity index (χ1) is 26.9. The molecule has 6 nitrogen and oxygen atoms in total. The molecule has 9 heteroatoms. The summed E-state index contributed by atoms with van der Waals surface area (Å²) in [5, 5.41) is 3.75. The van der Waals surface area contributed by atoms with E-state index in [1.165, 1.54) is 88.2 Å². The van der Waals surface area contributed by atoms with Gasteiger partial charge in [0.2, 0.25) is 0 Å². The predicted molar refractivity (Wildman–Crippen MR) is 239 cm³/mol. The first-order valence-corrected chi connectivity index (χ1v) is 24.8. The molecule has 0 saturated heterocycles. The molecule has 0 saturated carbocycles. The largest absolute Gasteiger partial charge is 2.00 e. The normalized spacial score (nSPS) is 11.8. The fourth-order valence-corrected chi connectivity index (χ4v) is 9.12. The van der Waals surface area contributed by atoms with E-state index in [4.69, 9.17) is 0 Å². The van der Waals surface area contributed by atoms with Gasteiger partial charge in [-0.2, -0.15) is 0 Å². The maximum absolute atomic E-state index is 11.8. The molecule has 0 aromatic heterocycles. The van der Waals surface area contributed by atoms with Gasteiger partial charge < -0.3 is 9.11 Å². The number of benzene rings is 4. The molecule has 0 N–H and O–H groups in total. The first kappa shape index (κ1) is 51.9. The Morgan fingerprint density at radius 3 is 0.965 bits per heavy atom. The second kappa shape index (κ2) is 28.3. The molecular formula is C48H70BaO6S2. The summed E-state index contributed by atoms with van der Waals surface area (Å²) in [6, 6.07) is 19.5. The van der Waals surface area contributed by atoms with E-state index >= 15 is 0 Å². The van der Waals surface area contributed by atoms with Crippen LogP contribution >= 0.6 is 0 Å². The molecule has 0 fully saturated rings. The van der Waals surface area contributed by atoms with Crippen LogP contribution in [0.3, 0.4) is 0 Å². The molecule has 4 aromatic rings. The van der Waals surface area contributed by atoms with Crippen LogP contribution < -0.4 is 0 Å². The number of fused-ring (bicyclic) bond motifs is 2. The summed E-state index contributed by atoms with van der Waals surface area (Å²) in [7, 11) is -8.92. The van der Waals surface area contributed by atoms with Crippen LogP contribution in [0.2, 0.25) is 0 Å². The summed E-state index contributed by atoms with van der Waals surface area (Å²) >= 11 is 0. The van der Waals surface area contributed by atoms with Crippen LogP contribution in [0.4, 0.5) is 0 Å². The van der Waals surface area contributed by atoms with Gasteiger partial charge in [-0.25, -0.2) is 16.8 Å². The summed E-state index contributed by atoms with van der Waals surface area (Å²) in [6.45, 7) is 8.77. The van der Waals surface area contributed by atoms with Crippen molar-refractivity contribution in [3.63, 3.8) is 0 Å². The van der Waals surface area contributed by atoms with Crippen LogP contribution in [0.5, 0.6) is 0 Å². The average Bonchev–Trinajstić information content (AvgIpc) is 3.16. The summed E-state index contributed by atoms with van der Waals surface area (Å²) in [6.07, 6.45) is 26.7. The van der Waals surface area contributed by atoms with Crippen molar-refractivity contribution in [1.82, 2.24) is 0 Å². The number of rotatable bonds is 26. The van der Waals surface area contributed by atoms with Gasteiger partial charge in [0.1, 0.15) is 20.2 Å². The van der Waals surface area contributed by atoms with Crippen molar-refractivity contribution >= 4 is 90.7 Å². The van der Waals surface area contributed by atoms with Crippen molar-refractivity contribution in [3.05, 3.63) is 82.9 Å². The molecule has 0 bridgehead atoms. The van der Waals surface area contributed by atoms with Gasteiger partial charge in [-0.05, 0) is 119 Å². The van der Waals surface area contributed by atoms with Crippen LogP contribution in [-0.2, 0) is 45.9 Å². The molecule has 0 unspecified atom stereocenters. The molecular weight excluding hydrogens is 874 g/mol. The minimum absolute atomic E-state index is 0. The third-order valence-corrected chi connectivity index (χ3v) is 12.8. The summed E-state index contributed by atoms with van der Waals surface area (Å²) in [5.41, 5.74) is 3.77. The molecule has 0 atom stereocenters. The molecule has 4 aromatic carbocycles. The van der Waals surface area contributed by atoms with Gasteiger partial charge in [0.15, 0.2) is 0 Å². The summed E-state index contributed by atoms with van der Waals surface area (Å²) in [4.78, 5) is -0.0637. The van der Waals surface area contributed by atoms with E-state index in [9.17, 15) is 25.9 Å². The molecule has 0 heterocycles. The molecule has 4 rings (SSSR count). The van der Waals surface area contributed by atoms with Crippen molar-refractivity contribution in [2.45, 2.75) is 192 Å². The number of aryl methyl sites for hydroxylation is 4. The molecule has 0 aliphatic rings. The average molecular weight is 945 g/mol. The molecule has 0 radical (unpaired) electrons. The SMILES string of the molecule is CCCCCCCc1ccc2cc(CCCCCCC)c(S(=O)(=O)[O-])cc2c1.CCCCCCCc1ccc2cc(CCCCCCC)c(S(=O)(=O)[O-])cc2c1.[Ba+2]. The Bertz CT molecular complexity index is 1830. The van der Waals surface area contributed by atoms with Gasteiger partial charge in [0.25, 0.3) is 0 Å². The topological polar surface area (TPSA) is 114 Å². The van der Waals surface area contributed by atoms with Crippen LogP contribution in [0.1, 0.15) is 178 Å². The van der Waals surface area contributed by atoms with Gasteiger partial charge in [-0.3, -0.25) is 0 Å². The summed E-state index contributed by atoms with van der Waals surface area (Å²) in [5.74, 6) is 0. The Kier molecular flexibility index (Phi) is 25.8. The van der Waals surface area contributed by atoms with Gasteiger partial charge in [-0.15, -0.1) is 0 Å². The zero-order valence-electron chi connectivity index (χ0n) is 35.7. The Morgan fingerprint density at radius 2 is 0.667 bits per heavy atom. The van der Waals surface area contributed by atoms with E-state index in [2.05, 4.69) is 64.1 Å². The van der Waals surface area contributed by atoms with E-state index in [0.717, 1.165) is 85.8 Å². The fraction of sp³-hybridized carbons (Fsp3) is 0.583. The van der Waals surface area contributed by atoms with E-state index in [-0.39, 0.29) is 58.7 Å². The molecule has 0 aliphatic carbocycles. The standard InChI is InChI=1S/2C24H36O3S.Ba/c2*1-3-5-7-9-11-13-20-15-16-21-18-22(14-12-10-8-6-4-2)24(28(25,26)27)19-23(21)17-20;/h2*15-19H,3-14H2,1-2H3,(H,25,26,27);/q;;+2/p-2.